The van der Waals surface area contributed by atoms with E-state index in [1.54, 1.807) is 43.9 Å². The van der Waals surface area contributed by atoms with E-state index in [0.717, 1.165) is 11.1 Å². The molecule has 2 aromatic carbocycles. The van der Waals surface area contributed by atoms with Gasteiger partial charge in [0.1, 0.15) is 11.5 Å². The number of carboxylic acids is 4. The lowest BCUT2D eigenvalue weighted by Crippen LogP contribution is -2.34. The van der Waals surface area contributed by atoms with Gasteiger partial charge in [-0.3, -0.25) is 38.8 Å². The molecule has 0 fully saturated rings. The summed E-state index contributed by atoms with van der Waals surface area (Å²) >= 11 is 0. The van der Waals surface area contributed by atoms with Gasteiger partial charge in [0.15, 0.2) is 0 Å². The Labute approximate surface area is 326 Å². The number of nitrogens with zero attached hydrogens (tertiary/aromatic N) is 4. The summed E-state index contributed by atoms with van der Waals surface area (Å²) in [4.78, 5) is 53.2. The molecule has 18 heteroatoms. The number of carboxylic acid groups (broad SMARTS) is 4. The van der Waals surface area contributed by atoms with Crippen molar-refractivity contribution in [3.63, 3.8) is 0 Å². The maximum absolute atomic E-state index is 11.7. The number of phenols is 2. The van der Waals surface area contributed by atoms with Crippen LogP contribution in [-0.2, 0) is 64.3 Å². The smallest absolute Gasteiger partial charge is 0.317 e. The molecule has 312 valence electrons. The van der Waals surface area contributed by atoms with Crippen molar-refractivity contribution in [2.75, 3.05) is 105 Å². The van der Waals surface area contributed by atoms with Crippen LogP contribution in [0.15, 0.2) is 24.3 Å². The lowest BCUT2D eigenvalue weighted by atomic mass is 10.0. The number of aryl methyl sites for hydroxylation is 2. The van der Waals surface area contributed by atoms with Gasteiger partial charge in [-0.25, -0.2) is 0 Å². The van der Waals surface area contributed by atoms with Gasteiger partial charge in [0.25, 0.3) is 0 Å². The van der Waals surface area contributed by atoms with Crippen molar-refractivity contribution in [2.45, 2.75) is 40.0 Å². The molecule has 0 atom stereocenters. The maximum Gasteiger partial charge on any atom is 0.317 e. The van der Waals surface area contributed by atoms with Crippen LogP contribution in [0.2, 0.25) is 0 Å². The van der Waals surface area contributed by atoms with Gasteiger partial charge in [0, 0.05) is 74.6 Å². The Kier molecular flexibility index (Phi) is 19.9. The minimum Gasteiger partial charge on any atom is -0.507 e. The lowest BCUT2D eigenvalue weighted by molar-refractivity contribution is -0.139. The van der Waals surface area contributed by atoms with Crippen LogP contribution in [0.3, 0.4) is 0 Å². The standard InChI is InChI=1S/C38H56N4O14/c1-27-15-29-19-39(23-33(43)44)3-7-53-11-13-55-9-5-41(25-35(47)48)21-31-17-28(2)18-32(38(31)52)22-42(26-36(49)50)6-10-56-14-12-54-8-4-40(24-34(45)46)20-30(16-27)37(29)51/h15-18,51-52H,3-14,19-26H2,1-2H3,(H,43,44)(H,45,46)(H,47,48)(H,49,50). The molecule has 4 bridgehead atoms. The SMILES string of the molecule is Cc1cc2c(O)c(c1)CN(CC(=O)O)CCOCCOCCN(CC(=O)O)Cc1cc(C)cc(c1O)CN(CC(=O)O)CCOCCOCCN(CC(=O)O)C2. The molecule has 1 aliphatic rings. The number of rotatable bonds is 8. The average Bonchev–Trinajstić information content (AvgIpc) is 3.09. The number of aromatic hydroxyl groups is 2. The van der Waals surface area contributed by atoms with Crippen LogP contribution >= 0.6 is 0 Å². The first-order valence-corrected chi connectivity index (χ1v) is 18.4. The molecule has 0 saturated carbocycles. The Bertz CT molecular complexity index is 1370. The molecule has 6 N–H and O–H groups in total. The molecule has 0 aliphatic carbocycles. The highest BCUT2D eigenvalue weighted by Crippen LogP contribution is 2.29. The fourth-order valence-corrected chi connectivity index (χ4v) is 6.35. The molecule has 0 saturated heterocycles. The quantitative estimate of drug-likeness (QED) is 0.219. The molecular weight excluding hydrogens is 736 g/mol. The van der Waals surface area contributed by atoms with Gasteiger partial charge in [-0.1, -0.05) is 35.4 Å². The minimum absolute atomic E-state index is 0.0591. The monoisotopic (exact) mass is 792 g/mol. The zero-order valence-corrected chi connectivity index (χ0v) is 32.2. The molecule has 0 radical (unpaired) electrons. The molecular formula is C38H56N4O14. The van der Waals surface area contributed by atoms with E-state index in [4.69, 9.17) is 18.9 Å². The van der Waals surface area contributed by atoms with Crippen molar-refractivity contribution in [1.82, 2.24) is 19.6 Å². The summed E-state index contributed by atoms with van der Waals surface area (Å²) in [6.45, 7) is 5.09. The van der Waals surface area contributed by atoms with Crippen LogP contribution in [0.1, 0.15) is 33.4 Å². The van der Waals surface area contributed by atoms with Gasteiger partial charge in [-0.15, -0.1) is 0 Å². The summed E-state index contributed by atoms with van der Waals surface area (Å²) in [7, 11) is 0. The first kappa shape index (κ1) is 46.0. The van der Waals surface area contributed by atoms with Crippen molar-refractivity contribution < 1.29 is 68.8 Å². The molecule has 1 aliphatic heterocycles. The molecule has 56 heavy (non-hydrogen) atoms. The second kappa shape index (κ2) is 24.3. The number of aliphatic carboxylic acids is 4. The predicted molar refractivity (Wildman–Crippen MR) is 201 cm³/mol. The molecule has 18 nitrogen and oxygen atoms in total. The first-order valence-electron chi connectivity index (χ1n) is 18.4. The van der Waals surface area contributed by atoms with Crippen LogP contribution < -0.4 is 0 Å². The third kappa shape index (κ3) is 17.6. The Morgan fingerprint density at radius 2 is 0.661 bits per heavy atom. The molecule has 0 amide bonds. The number of ether oxygens (including phenoxy) is 4. The van der Waals surface area contributed by atoms with E-state index >= 15 is 0 Å². The summed E-state index contributed by atoms with van der Waals surface area (Å²) in [5.74, 6) is -4.35. The summed E-state index contributed by atoms with van der Waals surface area (Å²) in [6.07, 6.45) is 0. The first-order chi connectivity index (χ1) is 26.7. The zero-order chi connectivity index (χ0) is 41.0. The van der Waals surface area contributed by atoms with E-state index in [2.05, 4.69) is 0 Å². The van der Waals surface area contributed by atoms with Crippen LogP contribution in [0.25, 0.3) is 0 Å². The predicted octanol–water partition coefficient (Wildman–Crippen LogP) is 1.04. The topological polar surface area (TPSA) is 240 Å². The van der Waals surface area contributed by atoms with E-state index < -0.39 is 23.9 Å². The van der Waals surface area contributed by atoms with Gasteiger partial charge in [-0.05, 0) is 13.8 Å². The number of carbonyl (C=O) groups is 4. The second-order valence-electron chi connectivity index (χ2n) is 13.7. The fraction of sp³-hybridized carbons (Fsp3) is 0.579. The Morgan fingerprint density at radius 1 is 0.446 bits per heavy atom. The normalized spacial score (nSPS) is 18.2. The van der Waals surface area contributed by atoms with E-state index in [0.29, 0.717) is 22.3 Å². The fourth-order valence-electron chi connectivity index (χ4n) is 6.35. The molecule has 2 aromatic rings. The highest BCUT2D eigenvalue weighted by molar-refractivity contribution is 5.70. The largest absolute Gasteiger partial charge is 0.507 e. The van der Waals surface area contributed by atoms with Crippen LogP contribution in [0.5, 0.6) is 11.5 Å². The van der Waals surface area contributed by atoms with E-state index in [9.17, 15) is 49.8 Å². The number of fused-ring (bicyclic) bond motifs is 4. The van der Waals surface area contributed by atoms with E-state index in [1.165, 1.54) is 0 Å². The third-order valence-corrected chi connectivity index (χ3v) is 8.79. The molecule has 0 aromatic heterocycles. The van der Waals surface area contributed by atoms with Crippen molar-refractivity contribution in [3.8, 4) is 11.5 Å². The average molecular weight is 793 g/mol. The Balaban J connectivity index is 1.79. The maximum atomic E-state index is 11.7. The highest BCUT2D eigenvalue weighted by Gasteiger charge is 2.20. The number of hydrogen-bond acceptors (Lipinski definition) is 14. The Morgan fingerprint density at radius 3 is 0.857 bits per heavy atom. The lowest BCUT2D eigenvalue weighted by Gasteiger charge is -2.25. The van der Waals surface area contributed by atoms with Crippen LogP contribution in [0.4, 0.5) is 0 Å². The van der Waals surface area contributed by atoms with Gasteiger partial charge in [-0.2, -0.15) is 0 Å². The van der Waals surface area contributed by atoms with Gasteiger partial charge >= 0.3 is 23.9 Å². The van der Waals surface area contributed by atoms with Crippen molar-refractivity contribution >= 4 is 23.9 Å². The zero-order valence-electron chi connectivity index (χ0n) is 32.2. The van der Waals surface area contributed by atoms with Crippen molar-refractivity contribution in [3.05, 3.63) is 57.6 Å². The van der Waals surface area contributed by atoms with Crippen LogP contribution in [0, 0.1) is 13.8 Å². The second-order valence-corrected chi connectivity index (χ2v) is 13.7. The van der Waals surface area contributed by atoms with E-state index in [-0.39, 0.29) is 143 Å². The van der Waals surface area contributed by atoms with Gasteiger partial charge < -0.3 is 49.6 Å². The molecule has 1 heterocycles. The third-order valence-electron chi connectivity index (χ3n) is 8.79. The van der Waals surface area contributed by atoms with Gasteiger partial charge in [0.2, 0.25) is 0 Å². The molecule has 3 rings (SSSR count). The van der Waals surface area contributed by atoms with Gasteiger partial charge in [0.05, 0.1) is 79.0 Å². The number of phenolic OH excluding ortho intramolecular Hbond substituents is 2. The van der Waals surface area contributed by atoms with Crippen LogP contribution in [-0.4, -0.2) is 179 Å². The van der Waals surface area contributed by atoms with E-state index in [1.807, 2.05) is 13.8 Å². The summed E-state index contributed by atoms with van der Waals surface area (Å²) in [6, 6.07) is 7.01. The number of hydrogen-bond donors (Lipinski definition) is 6. The minimum atomic E-state index is -1.06. The Hall–Kier alpha value is -4.40. The summed E-state index contributed by atoms with van der Waals surface area (Å²) in [5, 5.41) is 60.7. The summed E-state index contributed by atoms with van der Waals surface area (Å²) < 4.78 is 22.8. The number of benzene rings is 2. The summed E-state index contributed by atoms with van der Waals surface area (Å²) in [5.41, 5.74) is 3.53. The molecule has 0 unspecified atom stereocenters. The van der Waals surface area contributed by atoms with Crippen molar-refractivity contribution in [2.24, 2.45) is 0 Å². The highest BCUT2D eigenvalue weighted by atomic mass is 16.5. The molecule has 0 spiro atoms. The van der Waals surface area contributed by atoms with Crippen molar-refractivity contribution in [1.29, 1.82) is 0 Å².